The van der Waals surface area contributed by atoms with Crippen molar-refractivity contribution < 1.29 is 14.3 Å². The van der Waals surface area contributed by atoms with Crippen molar-refractivity contribution in [1.82, 2.24) is 4.90 Å². The lowest BCUT2D eigenvalue weighted by molar-refractivity contribution is 0.0784. The van der Waals surface area contributed by atoms with Gasteiger partial charge in [0.2, 0.25) is 0 Å². The van der Waals surface area contributed by atoms with E-state index >= 15 is 0 Å². The van der Waals surface area contributed by atoms with E-state index in [0.29, 0.717) is 36.8 Å². The van der Waals surface area contributed by atoms with Crippen molar-refractivity contribution in [3.8, 4) is 11.5 Å². The Bertz CT molecular complexity index is 671. The summed E-state index contributed by atoms with van der Waals surface area (Å²) in [5.74, 6) is 1.30. The summed E-state index contributed by atoms with van der Waals surface area (Å²) in [5.41, 5.74) is 1.72. The van der Waals surface area contributed by atoms with E-state index in [1.165, 1.54) is 0 Å². The first kappa shape index (κ1) is 14.4. The van der Waals surface area contributed by atoms with Crippen LogP contribution in [-0.4, -0.2) is 31.1 Å². The summed E-state index contributed by atoms with van der Waals surface area (Å²) in [5, 5.41) is 2.04. The van der Waals surface area contributed by atoms with Gasteiger partial charge in [0.1, 0.15) is 13.2 Å². The van der Waals surface area contributed by atoms with Crippen LogP contribution in [0.2, 0.25) is 0 Å². The Morgan fingerprint density at radius 3 is 2.76 bits per heavy atom. The molecular formula is C15H14BrNO3S. The summed E-state index contributed by atoms with van der Waals surface area (Å²) in [6, 6.07) is 7.34. The minimum atomic E-state index is -0.0331. The van der Waals surface area contributed by atoms with Gasteiger partial charge < -0.3 is 14.4 Å². The molecule has 1 amide bonds. The second kappa shape index (κ2) is 6.07. The first-order valence-corrected chi connectivity index (χ1v) is 8.19. The highest BCUT2D eigenvalue weighted by Gasteiger charge is 2.17. The summed E-state index contributed by atoms with van der Waals surface area (Å²) in [6.07, 6.45) is 0. The van der Waals surface area contributed by atoms with Gasteiger partial charge in [-0.05, 0) is 51.1 Å². The second-order valence-corrected chi connectivity index (χ2v) is 7.07. The molecule has 0 saturated heterocycles. The Morgan fingerprint density at radius 1 is 1.29 bits per heavy atom. The monoisotopic (exact) mass is 367 g/mol. The second-order valence-electron chi connectivity index (χ2n) is 4.78. The van der Waals surface area contributed by atoms with Crippen molar-refractivity contribution in [1.29, 1.82) is 0 Å². The van der Waals surface area contributed by atoms with Gasteiger partial charge in [-0.15, -0.1) is 11.3 Å². The van der Waals surface area contributed by atoms with Crippen LogP contribution in [0, 0.1) is 0 Å². The first-order valence-electron chi connectivity index (χ1n) is 6.51. The summed E-state index contributed by atoms with van der Waals surface area (Å²) in [6.45, 7) is 1.64. The number of ether oxygens (including phenoxy) is 2. The van der Waals surface area contributed by atoms with Crippen molar-refractivity contribution in [2.45, 2.75) is 6.54 Å². The van der Waals surface area contributed by atoms with Crippen molar-refractivity contribution in [2.75, 3.05) is 20.3 Å². The van der Waals surface area contributed by atoms with Gasteiger partial charge in [-0.1, -0.05) is 0 Å². The SMILES string of the molecule is CN(Cc1csc(Br)c1)C(=O)c1ccc2c(c1)OCCO2. The Balaban J connectivity index is 1.75. The fraction of sp³-hybridized carbons (Fsp3) is 0.267. The van der Waals surface area contributed by atoms with Crippen LogP contribution >= 0.6 is 27.3 Å². The van der Waals surface area contributed by atoms with E-state index in [9.17, 15) is 4.79 Å². The lowest BCUT2D eigenvalue weighted by Gasteiger charge is -2.20. The van der Waals surface area contributed by atoms with Gasteiger partial charge in [0.25, 0.3) is 5.91 Å². The Hall–Kier alpha value is -1.53. The third kappa shape index (κ3) is 3.22. The standard InChI is InChI=1S/C15H14BrNO3S/c1-17(8-10-6-14(16)21-9-10)15(18)11-2-3-12-13(7-11)20-5-4-19-12/h2-3,6-7,9H,4-5,8H2,1H3. The highest BCUT2D eigenvalue weighted by molar-refractivity contribution is 9.11. The molecule has 6 heteroatoms. The third-order valence-electron chi connectivity index (χ3n) is 3.18. The average molecular weight is 368 g/mol. The summed E-state index contributed by atoms with van der Waals surface area (Å²) < 4.78 is 12.0. The fourth-order valence-corrected chi connectivity index (χ4v) is 3.37. The maximum absolute atomic E-state index is 12.5. The number of rotatable bonds is 3. The molecule has 4 nitrogen and oxygen atoms in total. The van der Waals surface area contributed by atoms with E-state index in [4.69, 9.17) is 9.47 Å². The maximum atomic E-state index is 12.5. The van der Waals surface area contributed by atoms with Gasteiger partial charge in [-0.2, -0.15) is 0 Å². The number of fused-ring (bicyclic) bond motifs is 1. The van der Waals surface area contributed by atoms with Crippen LogP contribution in [0.4, 0.5) is 0 Å². The zero-order valence-corrected chi connectivity index (χ0v) is 13.9. The highest BCUT2D eigenvalue weighted by atomic mass is 79.9. The lowest BCUT2D eigenvalue weighted by atomic mass is 10.1. The van der Waals surface area contributed by atoms with Gasteiger partial charge in [-0.3, -0.25) is 4.79 Å². The summed E-state index contributed by atoms with van der Waals surface area (Å²) in [4.78, 5) is 14.2. The number of benzene rings is 1. The molecule has 1 aliphatic heterocycles. The number of nitrogens with zero attached hydrogens (tertiary/aromatic N) is 1. The zero-order chi connectivity index (χ0) is 14.8. The topological polar surface area (TPSA) is 38.8 Å². The number of halogens is 1. The lowest BCUT2D eigenvalue weighted by Crippen LogP contribution is -2.26. The van der Waals surface area contributed by atoms with E-state index in [-0.39, 0.29) is 5.91 Å². The van der Waals surface area contributed by atoms with Gasteiger partial charge in [0.15, 0.2) is 11.5 Å². The van der Waals surface area contributed by atoms with Crippen LogP contribution in [0.15, 0.2) is 33.4 Å². The molecule has 3 rings (SSSR count). The van der Waals surface area contributed by atoms with Crippen LogP contribution in [0.5, 0.6) is 11.5 Å². The average Bonchev–Trinajstić information content (AvgIpc) is 2.91. The number of hydrogen-bond acceptors (Lipinski definition) is 4. The molecule has 0 bridgehead atoms. The molecule has 0 N–H and O–H groups in total. The van der Waals surface area contributed by atoms with Crippen molar-refractivity contribution in [3.05, 3.63) is 44.6 Å². The van der Waals surface area contributed by atoms with Crippen LogP contribution in [0.1, 0.15) is 15.9 Å². The Kier molecular flexibility index (Phi) is 4.17. The smallest absolute Gasteiger partial charge is 0.254 e. The van der Waals surface area contributed by atoms with Crippen LogP contribution in [-0.2, 0) is 6.54 Å². The molecule has 0 unspecified atom stereocenters. The van der Waals surface area contributed by atoms with Gasteiger partial charge in [0, 0.05) is 19.2 Å². The molecule has 110 valence electrons. The molecule has 0 saturated carbocycles. The first-order chi connectivity index (χ1) is 10.1. The predicted octanol–water partition coefficient (Wildman–Crippen LogP) is 3.55. The van der Waals surface area contributed by atoms with E-state index < -0.39 is 0 Å². The fourth-order valence-electron chi connectivity index (χ4n) is 2.17. The van der Waals surface area contributed by atoms with Gasteiger partial charge >= 0.3 is 0 Å². The largest absolute Gasteiger partial charge is 0.486 e. The molecule has 21 heavy (non-hydrogen) atoms. The maximum Gasteiger partial charge on any atom is 0.254 e. The molecule has 1 aromatic carbocycles. The quantitative estimate of drug-likeness (QED) is 0.832. The van der Waals surface area contributed by atoms with E-state index in [2.05, 4.69) is 15.9 Å². The minimum absolute atomic E-state index is 0.0331. The molecule has 1 aliphatic rings. The molecule has 1 aromatic heterocycles. The predicted molar refractivity (Wildman–Crippen MR) is 85.2 cm³/mol. The molecule has 0 fully saturated rings. The van der Waals surface area contributed by atoms with Gasteiger partial charge in [0.05, 0.1) is 3.79 Å². The van der Waals surface area contributed by atoms with E-state index in [0.717, 1.165) is 9.35 Å². The molecular weight excluding hydrogens is 354 g/mol. The summed E-state index contributed by atoms with van der Waals surface area (Å²) in [7, 11) is 1.80. The Labute approximate surface area is 135 Å². The van der Waals surface area contributed by atoms with Crippen molar-refractivity contribution >= 4 is 33.2 Å². The Morgan fingerprint density at radius 2 is 2.05 bits per heavy atom. The van der Waals surface area contributed by atoms with Gasteiger partial charge in [-0.25, -0.2) is 0 Å². The van der Waals surface area contributed by atoms with Crippen LogP contribution in [0.25, 0.3) is 0 Å². The van der Waals surface area contributed by atoms with Crippen LogP contribution < -0.4 is 9.47 Å². The van der Waals surface area contributed by atoms with Crippen molar-refractivity contribution in [2.24, 2.45) is 0 Å². The zero-order valence-electron chi connectivity index (χ0n) is 11.5. The molecule has 0 aliphatic carbocycles. The minimum Gasteiger partial charge on any atom is -0.486 e. The van der Waals surface area contributed by atoms with E-state index in [1.807, 2.05) is 11.4 Å². The number of carbonyl (C=O) groups is 1. The molecule has 2 heterocycles. The molecule has 2 aromatic rings. The number of amides is 1. The third-order valence-corrected chi connectivity index (χ3v) is 4.73. The molecule has 0 atom stereocenters. The highest BCUT2D eigenvalue weighted by Crippen LogP contribution is 2.31. The normalized spacial score (nSPS) is 13.0. The number of thiophene rings is 1. The molecule has 0 radical (unpaired) electrons. The van der Waals surface area contributed by atoms with E-state index in [1.54, 1.807) is 41.5 Å². The molecule has 0 spiro atoms. The number of carbonyl (C=O) groups excluding carboxylic acids is 1. The number of hydrogen-bond donors (Lipinski definition) is 0. The van der Waals surface area contributed by atoms with Crippen molar-refractivity contribution in [3.63, 3.8) is 0 Å². The van der Waals surface area contributed by atoms with Crippen LogP contribution in [0.3, 0.4) is 0 Å². The summed E-state index contributed by atoms with van der Waals surface area (Å²) >= 11 is 5.04.